The number of ether oxygens (including phenoxy) is 1. The third kappa shape index (κ3) is 5.69. The smallest absolute Gasteiger partial charge is 0.191 e. The molecule has 2 N–H and O–H groups in total. The molecule has 0 bridgehead atoms. The molecule has 1 atom stereocenters. The number of methoxy groups -OCH3 is 1. The number of nitrogens with one attached hydrogen (secondary N) is 2. The Balaban J connectivity index is 0.00000242. The van der Waals surface area contributed by atoms with Crippen LogP contribution in [0.15, 0.2) is 58.1 Å². The van der Waals surface area contributed by atoms with Gasteiger partial charge in [0.2, 0.25) is 0 Å². The van der Waals surface area contributed by atoms with E-state index in [1.807, 2.05) is 30.3 Å². The zero-order valence-corrected chi connectivity index (χ0v) is 15.1. The molecule has 0 aliphatic rings. The first-order valence-corrected chi connectivity index (χ1v) is 6.88. The van der Waals surface area contributed by atoms with Gasteiger partial charge in [0.15, 0.2) is 5.96 Å². The van der Waals surface area contributed by atoms with Crippen molar-refractivity contribution in [1.82, 2.24) is 10.6 Å². The molecule has 0 spiro atoms. The SMILES string of the molecule is CN=C(NCc1ccco1)NCC(OC)c1ccccc1.I. The molecule has 6 heteroatoms. The van der Waals surface area contributed by atoms with Gasteiger partial charge in [-0.15, -0.1) is 24.0 Å². The minimum Gasteiger partial charge on any atom is -0.467 e. The lowest BCUT2D eigenvalue weighted by atomic mass is 10.1. The van der Waals surface area contributed by atoms with Crippen LogP contribution in [0.3, 0.4) is 0 Å². The number of hydrogen-bond donors (Lipinski definition) is 2. The zero-order chi connectivity index (χ0) is 14.9. The average Bonchev–Trinajstić information content (AvgIpc) is 3.05. The summed E-state index contributed by atoms with van der Waals surface area (Å²) in [6.07, 6.45) is 1.64. The van der Waals surface area contributed by atoms with Crippen LogP contribution in [0.2, 0.25) is 0 Å². The van der Waals surface area contributed by atoms with Crippen LogP contribution in [0.5, 0.6) is 0 Å². The van der Waals surface area contributed by atoms with Crippen LogP contribution < -0.4 is 10.6 Å². The van der Waals surface area contributed by atoms with Crippen molar-refractivity contribution in [2.75, 3.05) is 20.7 Å². The van der Waals surface area contributed by atoms with Crippen LogP contribution in [0.4, 0.5) is 0 Å². The number of benzene rings is 1. The fourth-order valence-corrected chi connectivity index (χ4v) is 2.00. The third-order valence-electron chi connectivity index (χ3n) is 3.14. The van der Waals surface area contributed by atoms with Crippen LogP contribution in [0.25, 0.3) is 0 Å². The van der Waals surface area contributed by atoms with Crippen molar-refractivity contribution < 1.29 is 9.15 Å². The molecule has 1 aromatic carbocycles. The molecule has 0 saturated heterocycles. The average molecular weight is 415 g/mol. The summed E-state index contributed by atoms with van der Waals surface area (Å²) in [4.78, 5) is 4.18. The monoisotopic (exact) mass is 415 g/mol. The first-order valence-electron chi connectivity index (χ1n) is 6.88. The van der Waals surface area contributed by atoms with E-state index >= 15 is 0 Å². The number of hydrogen-bond acceptors (Lipinski definition) is 3. The Bertz CT molecular complexity index is 544. The van der Waals surface area contributed by atoms with E-state index in [4.69, 9.17) is 9.15 Å². The van der Waals surface area contributed by atoms with Crippen molar-refractivity contribution in [3.63, 3.8) is 0 Å². The second-order valence-corrected chi connectivity index (χ2v) is 4.52. The van der Waals surface area contributed by atoms with Crippen molar-refractivity contribution in [3.8, 4) is 0 Å². The molecular weight excluding hydrogens is 393 g/mol. The predicted octanol–water partition coefficient (Wildman–Crippen LogP) is 2.95. The Morgan fingerprint density at radius 3 is 2.55 bits per heavy atom. The highest BCUT2D eigenvalue weighted by Gasteiger charge is 2.10. The van der Waals surface area contributed by atoms with Crippen molar-refractivity contribution in [2.24, 2.45) is 4.99 Å². The lowest BCUT2D eigenvalue weighted by Crippen LogP contribution is -2.39. The molecule has 2 rings (SSSR count). The van der Waals surface area contributed by atoms with Gasteiger partial charge in [-0.1, -0.05) is 30.3 Å². The van der Waals surface area contributed by atoms with Gasteiger partial charge >= 0.3 is 0 Å². The quantitative estimate of drug-likeness (QED) is 0.433. The topological polar surface area (TPSA) is 58.8 Å². The van der Waals surface area contributed by atoms with Crippen LogP contribution in [0.1, 0.15) is 17.4 Å². The molecular formula is C16H22IN3O2. The highest BCUT2D eigenvalue weighted by Crippen LogP contribution is 2.14. The Hall–Kier alpha value is -1.54. The standard InChI is InChI=1S/C16H21N3O2.HI/c1-17-16(18-11-14-9-6-10-21-14)19-12-15(20-2)13-7-4-3-5-8-13;/h3-10,15H,11-12H2,1-2H3,(H2,17,18,19);1H. The summed E-state index contributed by atoms with van der Waals surface area (Å²) in [6.45, 7) is 1.23. The van der Waals surface area contributed by atoms with Gasteiger partial charge < -0.3 is 19.8 Å². The minimum atomic E-state index is -0.0200. The van der Waals surface area contributed by atoms with E-state index in [9.17, 15) is 0 Å². The Labute approximate surface area is 148 Å². The fraction of sp³-hybridized carbons (Fsp3) is 0.312. The van der Waals surface area contributed by atoms with Crippen molar-refractivity contribution >= 4 is 29.9 Å². The van der Waals surface area contributed by atoms with Crippen molar-refractivity contribution in [3.05, 3.63) is 60.1 Å². The van der Waals surface area contributed by atoms with E-state index in [-0.39, 0.29) is 30.1 Å². The second-order valence-electron chi connectivity index (χ2n) is 4.52. The van der Waals surface area contributed by atoms with Crippen LogP contribution in [-0.2, 0) is 11.3 Å². The largest absolute Gasteiger partial charge is 0.467 e. The highest BCUT2D eigenvalue weighted by molar-refractivity contribution is 14.0. The summed E-state index contributed by atoms with van der Waals surface area (Å²) in [5.74, 6) is 1.58. The van der Waals surface area contributed by atoms with Gasteiger partial charge in [0.05, 0.1) is 18.9 Å². The normalized spacial score (nSPS) is 12.4. The molecule has 0 aliphatic carbocycles. The molecule has 0 amide bonds. The second kappa shape index (κ2) is 10.2. The summed E-state index contributed by atoms with van der Waals surface area (Å²) in [5, 5.41) is 6.45. The summed E-state index contributed by atoms with van der Waals surface area (Å²) >= 11 is 0. The van der Waals surface area contributed by atoms with Crippen molar-refractivity contribution in [1.29, 1.82) is 0 Å². The lowest BCUT2D eigenvalue weighted by Gasteiger charge is -2.18. The van der Waals surface area contributed by atoms with Gasteiger partial charge in [0.1, 0.15) is 5.76 Å². The van der Waals surface area contributed by atoms with Gasteiger partial charge in [0.25, 0.3) is 0 Å². The van der Waals surface area contributed by atoms with Crippen molar-refractivity contribution in [2.45, 2.75) is 12.6 Å². The molecule has 120 valence electrons. The molecule has 2 aromatic rings. The molecule has 0 radical (unpaired) electrons. The number of guanidine groups is 1. The summed E-state index contributed by atoms with van der Waals surface area (Å²) in [6, 6.07) is 13.9. The van der Waals surface area contributed by atoms with E-state index in [1.54, 1.807) is 20.4 Å². The number of nitrogens with zero attached hydrogens (tertiary/aromatic N) is 1. The number of halogens is 1. The van der Waals surface area contributed by atoms with E-state index in [1.165, 1.54) is 0 Å². The van der Waals surface area contributed by atoms with Crippen LogP contribution >= 0.6 is 24.0 Å². The number of rotatable bonds is 6. The molecule has 0 aliphatic heterocycles. The van der Waals surface area contributed by atoms with E-state index < -0.39 is 0 Å². The van der Waals surface area contributed by atoms with Gasteiger partial charge in [-0.25, -0.2) is 0 Å². The maximum absolute atomic E-state index is 5.52. The molecule has 1 heterocycles. The molecule has 1 unspecified atom stereocenters. The number of aliphatic imine (C=N–C) groups is 1. The third-order valence-corrected chi connectivity index (χ3v) is 3.14. The summed E-state index contributed by atoms with van der Waals surface area (Å²) in [5.41, 5.74) is 1.13. The maximum atomic E-state index is 5.52. The van der Waals surface area contributed by atoms with E-state index in [0.29, 0.717) is 19.0 Å². The summed E-state index contributed by atoms with van der Waals surface area (Å²) in [7, 11) is 3.44. The molecule has 22 heavy (non-hydrogen) atoms. The van der Waals surface area contributed by atoms with Gasteiger partial charge in [0, 0.05) is 20.7 Å². The highest BCUT2D eigenvalue weighted by atomic mass is 127. The first-order chi connectivity index (χ1) is 10.3. The Kier molecular flexibility index (Phi) is 8.61. The predicted molar refractivity (Wildman–Crippen MR) is 98.5 cm³/mol. The van der Waals surface area contributed by atoms with Gasteiger partial charge in [-0.05, 0) is 17.7 Å². The maximum Gasteiger partial charge on any atom is 0.191 e. The van der Waals surface area contributed by atoms with Crippen LogP contribution in [-0.4, -0.2) is 26.7 Å². The zero-order valence-electron chi connectivity index (χ0n) is 12.8. The van der Waals surface area contributed by atoms with Gasteiger partial charge in [-0.2, -0.15) is 0 Å². The van der Waals surface area contributed by atoms with E-state index in [2.05, 4.69) is 27.8 Å². The minimum absolute atomic E-state index is 0. The lowest BCUT2D eigenvalue weighted by molar-refractivity contribution is 0.106. The number of furan rings is 1. The van der Waals surface area contributed by atoms with Gasteiger partial charge in [-0.3, -0.25) is 4.99 Å². The first kappa shape index (κ1) is 18.5. The molecule has 5 nitrogen and oxygen atoms in total. The Morgan fingerprint density at radius 2 is 1.95 bits per heavy atom. The van der Waals surface area contributed by atoms with E-state index in [0.717, 1.165) is 11.3 Å². The Morgan fingerprint density at radius 1 is 1.18 bits per heavy atom. The fourth-order valence-electron chi connectivity index (χ4n) is 2.00. The molecule has 1 aromatic heterocycles. The molecule has 0 fully saturated rings. The molecule has 0 saturated carbocycles. The summed E-state index contributed by atoms with van der Waals surface area (Å²) < 4.78 is 10.8. The van der Waals surface area contributed by atoms with Crippen LogP contribution in [0, 0.1) is 0 Å².